The molecule has 0 unspecified atom stereocenters. The molecule has 1 amide bonds. The third-order valence-corrected chi connectivity index (χ3v) is 2.45. The summed E-state index contributed by atoms with van der Waals surface area (Å²) < 4.78 is 0. The van der Waals surface area contributed by atoms with Crippen molar-refractivity contribution in [1.82, 2.24) is 4.90 Å². The predicted molar refractivity (Wildman–Crippen MR) is 72.2 cm³/mol. The van der Waals surface area contributed by atoms with E-state index in [1.165, 1.54) is 0 Å². The molecule has 0 saturated heterocycles. The fourth-order valence-electron chi connectivity index (χ4n) is 1.10. The highest BCUT2D eigenvalue weighted by molar-refractivity contribution is 6.29. The van der Waals surface area contributed by atoms with E-state index in [1.807, 2.05) is 38.1 Å². The number of halogens is 1. The highest BCUT2D eigenvalue weighted by Crippen LogP contribution is 2.16. The van der Waals surface area contributed by atoms with Crippen molar-refractivity contribution in [3.8, 4) is 0 Å². The normalized spacial score (nSPS) is 11.2. The molecule has 1 rings (SSSR count). The van der Waals surface area contributed by atoms with Gasteiger partial charge in [0.2, 0.25) is 5.91 Å². The average Bonchev–Trinajstić information content (AvgIpc) is 2.31. The van der Waals surface area contributed by atoms with Gasteiger partial charge in [-0.3, -0.25) is 4.79 Å². The number of alkyl halides is 1. The number of hydrogen-bond donors (Lipinski definition) is 1. The van der Waals surface area contributed by atoms with Gasteiger partial charge in [-0.1, -0.05) is 0 Å². The SMILES string of the molecule is C/C(=N\c1ccc(NC(=O)CCl)cc1)N(C)C. The third-order valence-electron chi connectivity index (χ3n) is 2.21. The van der Waals surface area contributed by atoms with Crippen molar-refractivity contribution in [1.29, 1.82) is 0 Å². The minimum absolute atomic E-state index is 0.0420. The smallest absolute Gasteiger partial charge is 0.239 e. The summed E-state index contributed by atoms with van der Waals surface area (Å²) in [5, 5.41) is 2.67. The lowest BCUT2D eigenvalue weighted by Crippen LogP contribution is -2.17. The molecular formula is C12H16ClN3O. The zero-order chi connectivity index (χ0) is 12.8. The Kier molecular flexibility index (Phi) is 4.97. The fraction of sp³-hybridized carbons (Fsp3) is 0.333. The van der Waals surface area contributed by atoms with Gasteiger partial charge < -0.3 is 10.2 Å². The van der Waals surface area contributed by atoms with Crippen LogP contribution in [0.15, 0.2) is 29.3 Å². The summed E-state index contributed by atoms with van der Waals surface area (Å²) in [6.45, 7) is 1.93. The molecule has 0 aliphatic carbocycles. The van der Waals surface area contributed by atoms with Gasteiger partial charge in [-0.2, -0.15) is 0 Å². The van der Waals surface area contributed by atoms with Crippen molar-refractivity contribution < 1.29 is 4.79 Å². The van der Waals surface area contributed by atoms with Gasteiger partial charge in [0.05, 0.1) is 5.69 Å². The van der Waals surface area contributed by atoms with Crippen molar-refractivity contribution in [2.24, 2.45) is 4.99 Å². The molecule has 0 bridgehead atoms. The third kappa shape index (κ3) is 4.44. The number of amidine groups is 1. The van der Waals surface area contributed by atoms with Gasteiger partial charge in [0, 0.05) is 19.8 Å². The maximum atomic E-state index is 11.1. The van der Waals surface area contributed by atoms with Crippen molar-refractivity contribution in [2.75, 3.05) is 25.3 Å². The van der Waals surface area contributed by atoms with E-state index in [4.69, 9.17) is 11.6 Å². The number of benzene rings is 1. The number of carbonyl (C=O) groups excluding carboxylic acids is 1. The van der Waals surface area contributed by atoms with E-state index in [-0.39, 0.29) is 11.8 Å². The Morgan fingerprint density at radius 3 is 2.41 bits per heavy atom. The maximum absolute atomic E-state index is 11.1. The van der Waals surface area contributed by atoms with E-state index in [0.29, 0.717) is 0 Å². The topological polar surface area (TPSA) is 44.7 Å². The van der Waals surface area contributed by atoms with Crippen LogP contribution in [0, 0.1) is 0 Å². The van der Waals surface area contributed by atoms with E-state index in [0.717, 1.165) is 17.2 Å². The lowest BCUT2D eigenvalue weighted by Gasteiger charge is -2.11. The number of anilines is 1. The molecule has 5 heteroatoms. The monoisotopic (exact) mass is 253 g/mol. The maximum Gasteiger partial charge on any atom is 0.239 e. The minimum Gasteiger partial charge on any atom is -0.366 e. The molecule has 0 heterocycles. The largest absolute Gasteiger partial charge is 0.366 e. The van der Waals surface area contributed by atoms with Gasteiger partial charge in [-0.15, -0.1) is 11.6 Å². The first kappa shape index (κ1) is 13.5. The van der Waals surface area contributed by atoms with Gasteiger partial charge >= 0.3 is 0 Å². The van der Waals surface area contributed by atoms with E-state index in [9.17, 15) is 4.79 Å². The Bertz CT molecular complexity index is 412. The summed E-state index contributed by atoms with van der Waals surface area (Å²) in [5.41, 5.74) is 1.57. The predicted octanol–water partition coefficient (Wildman–Crippen LogP) is 2.48. The Labute approximate surface area is 106 Å². The summed E-state index contributed by atoms with van der Waals surface area (Å²) >= 11 is 5.40. The Balaban J connectivity index is 2.75. The van der Waals surface area contributed by atoms with Crippen molar-refractivity contribution in [3.63, 3.8) is 0 Å². The van der Waals surface area contributed by atoms with Gasteiger partial charge in [0.15, 0.2) is 0 Å². The summed E-state index contributed by atoms with van der Waals surface area (Å²) in [6, 6.07) is 7.28. The summed E-state index contributed by atoms with van der Waals surface area (Å²) in [4.78, 5) is 17.4. The number of rotatable bonds is 3. The van der Waals surface area contributed by atoms with Crippen LogP contribution in [0.5, 0.6) is 0 Å². The second kappa shape index (κ2) is 6.25. The molecule has 1 N–H and O–H groups in total. The van der Waals surface area contributed by atoms with Crippen LogP contribution in [0.4, 0.5) is 11.4 Å². The van der Waals surface area contributed by atoms with Crippen LogP contribution < -0.4 is 5.32 Å². The van der Waals surface area contributed by atoms with Gasteiger partial charge in [-0.05, 0) is 31.2 Å². The molecule has 0 spiro atoms. The average molecular weight is 254 g/mol. The van der Waals surface area contributed by atoms with Crippen molar-refractivity contribution in [3.05, 3.63) is 24.3 Å². The minimum atomic E-state index is -0.215. The van der Waals surface area contributed by atoms with Gasteiger partial charge in [0.1, 0.15) is 11.7 Å². The molecular weight excluding hydrogens is 238 g/mol. The molecule has 0 aromatic heterocycles. The first-order valence-electron chi connectivity index (χ1n) is 5.21. The van der Waals surface area contributed by atoms with E-state index in [1.54, 1.807) is 12.1 Å². The lowest BCUT2D eigenvalue weighted by atomic mass is 10.3. The van der Waals surface area contributed by atoms with Crippen LogP contribution in [0.25, 0.3) is 0 Å². The number of amides is 1. The molecule has 0 radical (unpaired) electrons. The second-order valence-corrected chi connectivity index (χ2v) is 4.05. The van der Waals surface area contributed by atoms with Crippen LogP contribution in [0.2, 0.25) is 0 Å². The molecule has 0 aliphatic heterocycles. The van der Waals surface area contributed by atoms with Gasteiger partial charge in [0.25, 0.3) is 0 Å². The number of carbonyl (C=O) groups is 1. The lowest BCUT2D eigenvalue weighted by molar-refractivity contribution is -0.113. The number of hydrogen-bond acceptors (Lipinski definition) is 2. The molecule has 1 aromatic rings. The highest BCUT2D eigenvalue weighted by Gasteiger charge is 2.00. The van der Waals surface area contributed by atoms with Crippen molar-refractivity contribution >= 4 is 34.7 Å². The fourth-order valence-corrected chi connectivity index (χ4v) is 1.17. The summed E-state index contributed by atoms with van der Waals surface area (Å²) in [5.74, 6) is 0.662. The van der Waals surface area contributed by atoms with Crippen LogP contribution >= 0.6 is 11.6 Å². The molecule has 0 saturated carbocycles. The number of nitrogens with zero attached hydrogens (tertiary/aromatic N) is 2. The quantitative estimate of drug-likeness (QED) is 0.511. The van der Waals surface area contributed by atoms with Crippen LogP contribution in [0.1, 0.15) is 6.92 Å². The molecule has 17 heavy (non-hydrogen) atoms. The molecule has 0 atom stereocenters. The van der Waals surface area contributed by atoms with E-state index >= 15 is 0 Å². The summed E-state index contributed by atoms with van der Waals surface area (Å²) in [7, 11) is 3.88. The second-order valence-electron chi connectivity index (χ2n) is 3.78. The number of nitrogens with one attached hydrogen (secondary N) is 1. The molecule has 1 aromatic carbocycles. The summed E-state index contributed by atoms with van der Waals surface area (Å²) in [6.07, 6.45) is 0. The molecule has 0 aliphatic rings. The Morgan fingerprint density at radius 1 is 1.35 bits per heavy atom. The van der Waals surface area contributed by atoms with E-state index < -0.39 is 0 Å². The molecule has 0 fully saturated rings. The molecule has 4 nitrogen and oxygen atoms in total. The first-order valence-corrected chi connectivity index (χ1v) is 5.75. The number of aliphatic imine (C=N–C) groups is 1. The molecule has 92 valence electrons. The first-order chi connectivity index (χ1) is 8.02. The zero-order valence-electron chi connectivity index (χ0n) is 10.2. The standard InChI is InChI=1S/C12H16ClN3O/c1-9(16(2)3)14-10-4-6-11(7-5-10)15-12(17)8-13/h4-7H,8H2,1-3H3,(H,15,17)/b14-9+. The van der Waals surface area contributed by atoms with Gasteiger partial charge in [-0.25, -0.2) is 4.99 Å². The van der Waals surface area contributed by atoms with Crippen LogP contribution in [0.3, 0.4) is 0 Å². The highest BCUT2D eigenvalue weighted by atomic mass is 35.5. The van der Waals surface area contributed by atoms with Crippen LogP contribution in [-0.2, 0) is 4.79 Å². The Morgan fingerprint density at radius 2 is 1.94 bits per heavy atom. The Hall–Kier alpha value is -1.55. The van der Waals surface area contributed by atoms with Crippen molar-refractivity contribution in [2.45, 2.75) is 6.92 Å². The van der Waals surface area contributed by atoms with Crippen LogP contribution in [-0.4, -0.2) is 36.6 Å². The zero-order valence-corrected chi connectivity index (χ0v) is 11.0. The van der Waals surface area contributed by atoms with E-state index in [2.05, 4.69) is 10.3 Å².